The van der Waals surface area contributed by atoms with Crippen molar-refractivity contribution in [3.63, 3.8) is 0 Å². The van der Waals surface area contributed by atoms with Crippen LogP contribution in [0.3, 0.4) is 0 Å². The molecule has 15 heavy (non-hydrogen) atoms. The maximum atomic E-state index is 5.39. The lowest BCUT2D eigenvalue weighted by molar-refractivity contribution is 0.363. The molecule has 1 rings (SSSR count). The molecule has 0 saturated carbocycles. The van der Waals surface area contributed by atoms with Gasteiger partial charge in [-0.25, -0.2) is 0 Å². The van der Waals surface area contributed by atoms with Gasteiger partial charge < -0.3 is 4.74 Å². The molecule has 0 aromatic heterocycles. The Morgan fingerprint density at radius 1 is 1.40 bits per heavy atom. The van der Waals surface area contributed by atoms with E-state index in [1.807, 2.05) is 24.3 Å². The molecule has 1 aromatic carbocycles. The quantitative estimate of drug-likeness (QED) is 0.577. The van der Waals surface area contributed by atoms with E-state index < -0.39 is 0 Å². The van der Waals surface area contributed by atoms with E-state index in [4.69, 9.17) is 4.74 Å². The van der Waals surface area contributed by atoms with Crippen molar-refractivity contribution in [2.45, 2.75) is 6.92 Å². The predicted octanol–water partition coefficient (Wildman–Crippen LogP) is 4.05. The zero-order chi connectivity index (χ0) is 11.1. The van der Waals surface area contributed by atoms with Crippen LogP contribution in [-0.4, -0.2) is 11.9 Å². The van der Waals surface area contributed by atoms with Crippen molar-refractivity contribution in [2.24, 2.45) is 0 Å². The van der Waals surface area contributed by atoms with Gasteiger partial charge in [0.2, 0.25) is 0 Å². The summed E-state index contributed by atoms with van der Waals surface area (Å²) in [5.41, 5.74) is 2.49. The molecule has 0 unspecified atom stereocenters. The van der Waals surface area contributed by atoms with Crippen LogP contribution in [0, 0.1) is 0 Å². The minimum Gasteiger partial charge on any atom is -0.490 e. The average Bonchev–Trinajstić information content (AvgIpc) is 2.28. The molecule has 0 fully saturated rings. The van der Waals surface area contributed by atoms with E-state index in [0.29, 0.717) is 6.61 Å². The van der Waals surface area contributed by atoms with Crippen molar-refractivity contribution >= 4 is 22.0 Å². The summed E-state index contributed by atoms with van der Waals surface area (Å²) in [4.78, 5) is 0. The highest BCUT2D eigenvalue weighted by molar-refractivity contribution is 9.09. The highest BCUT2D eigenvalue weighted by atomic mass is 79.9. The summed E-state index contributed by atoms with van der Waals surface area (Å²) in [7, 11) is 0. The normalized spacial score (nSPS) is 11.2. The standard InChI is InChI=1S/C13H15BrO/c1-3-8-15-13-6-4-12(5-7-13)9-11(2)10-14/h3-7,9H,1,8,10H2,2H3. The second-order valence-corrected chi connectivity index (χ2v) is 3.85. The fourth-order valence-electron chi connectivity index (χ4n) is 1.14. The van der Waals surface area contributed by atoms with Gasteiger partial charge in [-0.1, -0.05) is 52.4 Å². The molecule has 0 N–H and O–H groups in total. The predicted molar refractivity (Wildman–Crippen MR) is 69.6 cm³/mol. The molecule has 0 amide bonds. The van der Waals surface area contributed by atoms with E-state index in [0.717, 1.165) is 11.1 Å². The number of allylic oxidation sites excluding steroid dienone is 1. The smallest absolute Gasteiger partial charge is 0.119 e. The first-order chi connectivity index (χ1) is 7.26. The highest BCUT2D eigenvalue weighted by Crippen LogP contribution is 2.15. The Kier molecular flexibility index (Phi) is 5.19. The maximum absolute atomic E-state index is 5.39. The second kappa shape index (κ2) is 6.46. The van der Waals surface area contributed by atoms with Crippen molar-refractivity contribution in [3.05, 3.63) is 48.1 Å². The molecule has 0 spiro atoms. The van der Waals surface area contributed by atoms with Gasteiger partial charge >= 0.3 is 0 Å². The van der Waals surface area contributed by atoms with E-state index in [1.165, 1.54) is 11.1 Å². The largest absolute Gasteiger partial charge is 0.490 e. The van der Waals surface area contributed by atoms with Crippen molar-refractivity contribution in [1.82, 2.24) is 0 Å². The number of halogens is 1. The summed E-state index contributed by atoms with van der Waals surface area (Å²) in [5, 5.41) is 0.904. The van der Waals surface area contributed by atoms with Crippen LogP contribution < -0.4 is 4.74 Å². The molecule has 0 atom stereocenters. The van der Waals surface area contributed by atoms with Gasteiger partial charge in [-0.3, -0.25) is 0 Å². The summed E-state index contributed by atoms with van der Waals surface area (Å²) >= 11 is 3.42. The summed E-state index contributed by atoms with van der Waals surface area (Å²) in [6.07, 6.45) is 3.88. The van der Waals surface area contributed by atoms with Gasteiger partial charge in [0.25, 0.3) is 0 Å². The molecule has 0 saturated heterocycles. The molecular formula is C13H15BrO. The zero-order valence-electron chi connectivity index (χ0n) is 8.87. The van der Waals surface area contributed by atoms with Crippen LogP contribution in [0.1, 0.15) is 12.5 Å². The van der Waals surface area contributed by atoms with Crippen LogP contribution in [0.5, 0.6) is 5.75 Å². The van der Waals surface area contributed by atoms with E-state index in [1.54, 1.807) is 6.08 Å². The first kappa shape index (κ1) is 12.1. The summed E-state index contributed by atoms with van der Waals surface area (Å²) in [6, 6.07) is 8.03. The fraction of sp³-hybridized carbons (Fsp3) is 0.231. The molecule has 2 heteroatoms. The minimum atomic E-state index is 0.551. The van der Waals surface area contributed by atoms with Crippen molar-refractivity contribution in [2.75, 3.05) is 11.9 Å². The minimum absolute atomic E-state index is 0.551. The number of benzene rings is 1. The van der Waals surface area contributed by atoms with Gasteiger partial charge in [-0.2, -0.15) is 0 Å². The molecular weight excluding hydrogens is 252 g/mol. The third kappa shape index (κ3) is 4.34. The third-order valence-corrected chi connectivity index (χ3v) is 2.76. The number of hydrogen-bond acceptors (Lipinski definition) is 1. The lowest BCUT2D eigenvalue weighted by atomic mass is 10.1. The summed E-state index contributed by atoms with van der Waals surface area (Å²) < 4.78 is 5.39. The number of hydrogen-bond donors (Lipinski definition) is 0. The Morgan fingerprint density at radius 3 is 2.60 bits per heavy atom. The molecule has 0 aliphatic carbocycles. The Bertz CT molecular complexity index is 338. The van der Waals surface area contributed by atoms with Crippen molar-refractivity contribution < 1.29 is 4.74 Å². The van der Waals surface area contributed by atoms with Gasteiger partial charge in [0, 0.05) is 5.33 Å². The Morgan fingerprint density at radius 2 is 2.07 bits per heavy atom. The van der Waals surface area contributed by atoms with Crippen molar-refractivity contribution in [3.8, 4) is 5.75 Å². The van der Waals surface area contributed by atoms with Gasteiger partial charge in [0.05, 0.1) is 0 Å². The van der Waals surface area contributed by atoms with Crippen molar-refractivity contribution in [1.29, 1.82) is 0 Å². The Hall–Kier alpha value is -1.02. The van der Waals surface area contributed by atoms with Crippen LogP contribution in [0.4, 0.5) is 0 Å². The van der Waals surface area contributed by atoms with Crippen LogP contribution >= 0.6 is 15.9 Å². The lowest BCUT2D eigenvalue weighted by Crippen LogP contribution is -1.92. The molecule has 1 aromatic rings. The van der Waals surface area contributed by atoms with Crippen LogP contribution in [0.15, 0.2) is 42.5 Å². The highest BCUT2D eigenvalue weighted by Gasteiger charge is 1.93. The number of ether oxygens (including phenoxy) is 1. The second-order valence-electron chi connectivity index (χ2n) is 3.29. The average molecular weight is 267 g/mol. The van der Waals surface area contributed by atoms with Gasteiger partial charge in [-0.05, 0) is 24.6 Å². The third-order valence-electron chi connectivity index (χ3n) is 1.87. The Balaban J connectivity index is 2.67. The SMILES string of the molecule is C=CCOc1ccc(C=C(C)CBr)cc1. The Labute approximate surface area is 99.6 Å². The van der Waals surface area contributed by atoms with Gasteiger partial charge in [-0.15, -0.1) is 0 Å². The maximum Gasteiger partial charge on any atom is 0.119 e. The van der Waals surface area contributed by atoms with Crippen LogP contribution in [0.2, 0.25) is 0 Å². The van der Waals surface area contributed by atoms with Gasteiger partial charge in [0.1, 0.15) is 12.4 Å². The fourth-order valence-corrected chi connectivity index (χ4v) is 1.30. The van der Waals surface area contributed by atoms with E-state index in [9.17, 15) is 0 Å². The zero-order valence-corrected chi connectivity index (χ0v) is 10.5. The molecule has 0 aliphatic rings. The van der Waals surface area contributed by atoms with E-state index >= 15 is 0 Å². The monoisotopic (exact) mass is 266 g/mol. The van der Waals surface area contributed by atoms with Crippen LogP contribution in [0.25, 0.3) is 6.08 Å². The van der Waals surface area contributed by atoms with Crippen LogP contribution in [-0.2, 0) is 0 Å². The molecule has 1 nitrogen and oxygen atoms in total. The molecule has 0 bridgehead atoms. The first-order valence-electron chi connectivity index (χ1n) is 4.83. The molecule has 0 heterocycles. The molecule has 80 valence electrons. The number of rotatable bonds is 5. The van der Waals surface area contributed by atoms with E-state index in [2.05, 4.69) is 35.5 Å². The topological polar surface area (TPSA) is 9.23 Å². The summed E-state index contributed by atoms with van der Waals surface area (Å²) in [5.74, 6) is 0.878. The molecule has 0 radical (unpaired) electrons. The first-order valence-corrected chi connectivity index (χ1v) is 5.95. The molecule has 0 aliphatic heterocycles. The summed E-state index contributed by atoms with van der Waals surface area (Å²) in [6.45, 7) is 6.25. The van der Waals surface area contributed by atoms with E-state index in [-0.39, 0.29) is 0 Å². The lowest BCUT2D eigenvalue weighted by Gasteiger charge is -2.03. The number of alkyl halides is 1. The van der Waals surface area contributed by atoms with Gasteiger partial charge in [0.15, 0.2) is 0 Å².